The van der Waals surface area contributed by atoms with Crippen molar-refractivity contribution < 1.29 is 22.7 Å². The molecule has 1 unspecified atom stereocenters. The second-order valence-electron chi connectivity index (χ2n) is 4.66. The van der Waals surface area contributed by atoms with Gasteiger partial charge in [0.1, 0.15) is 5.76 Å². The standard InChI is InChI=1S/C15H12BrF3O2/c16-9-13-8-11(14(20)21-13)3-1-2-10-4-6-12(7-5-10)15(17,18)19/h1-2,4-7,9,11H,3,8H2/b2-1+,13-9+. The molecular weight excluding hydrogens is 349 g/mol. The van der Waals surface area contributed by atoms with Crippen LogP contribution in [0.4, 0.5) is 13.2 Å². The average molecular weight is 361 g/mol. The number of carbonyl (C=O) groups is 1. The fourth-order valence-electron chi connectivity index (χ4n) is 1.98. The minimum atomic E-state index is -4.33. The van der Waals surface area contributed by atoms with E-state index in [4.69, 9.17) is 4.74 Å². The number of rotatable bonds is 3. The highest BCUT2D eigenvalue weighted by atomic mass is 79.9. The summed E-state index contributed by atoms with van der Waals surface area (Å²) in [6.07, 6.45) is 0.162. The number of ether oxygens (including phenoxy) is 1. The Hall–Kier alpha value is -1.56. The fourth-order valence-corrected chi connectivity index (χ4v) is 2.26. The Morgan fingerprint density at radius 2 is 1.95 bits per heavy atom. The van der Waals surface area contributed by atoms with E-state index in [2.05, 4.69) is 15.9 Å². The van der Waals surface area contributed by atoms with Crippen LogP contribution in [-0.2, 0) is 15.7 Å². The summed E-state index contributed by atoms with van der Waals surface area (Å²) in [4.78, 5) is 13.1. The van der Waals surface area contributed by atoms with Gasteiger partial charge >= 0.3 is 12.1 Å². The van der Waals surface area contributed by atoms with Crippen LogP contribution in [0.15, 0.2) is 41.1 Å². The van der Waals surface area contributed by atoms with Crippen LogP contribution in [0, 0.1) is 5.92 Å². The van der Waals surface area contributed by atoms with Crippen LogP contribution >= 0.6 is 15.9 Å². The number of esters is 1. The molecule has 1 heterocycles. The smallest absolute Gasteiger partial charge is 0.416 e. The van der Waals surface area contributed by atoms with Gasteiger partial charge in [-0.15, -0.1) is 0 Å². The predicted octanol–water partition coefficient (Wildman–Crippen LogP) is 4.91. The second-order valence-corrected chi connectivity index (χ2v) is 5.11. The first kappa shape index (κ1) is 15.8. The lowest BCUT2D eigenvalue weighted by Crippen LogP contribution is -2.05. The highest BCUT2D eigenvalue weighted by molar-refractivity contribution is 9.11. The number of alkyl halides is 3. The number of hydrogen-bond acceptors (Lipinski definition) is 2. The second kappa shape index (κ2) is 6.47. The molecule has 1 aliphatic rings. The zero-order chi connectivity index (χ0) is 15.5. The summed E-state index contributed by atoms with van der Waals surface area (Å²) in [5, 5.41) is 0. The van der Waals surface area contributed by atoms with Crippen LogP contribution < -0.4 is 0 Å². The molecule has 0 bridgehead atoms. The summed E-state index contributed by atoms with van der Waals surface area (Å²) in [5.41, 5.74) is -0.0169. The zero-order valence-corrected chi connectivity index (χ0v) is 12.4. The van der Waals surface area contributed by atoms with Gasteiger partial charge in [-0.1, -0.05) is 40.2 Å². The van der Waals surface area contributed by atoms with Gasteiger partial charge in [-0.25, -0.2) is 0 Å². The Bertz CT molecular complexity index is 574. The predicted molar refractivity (Wildman–Crippen MR) is 76.3 cm³/mol. The van der Waals surface area contributed by atoms with Crippen LogP contribution in [0.2, 0.25) is 0 Å². The molecule has 1 saturated heterocycles. The fraction of sp³-hybridized carbons (Fsp3) is 0.267. The molecule has 0 aromatic heterocycles. The van der Waals surface area contributed by atoms with Crippen molar-refractivity contribution in [3.8, 4) is 0 Å². The van der Waals surface area contributed by atoms with Gasteiger partial charge in [-0.3, -0.25) is 4.79 Å². The topological polar surface area (TPSA) is 26.3 Å². The van der Waals surface area contributed by atoms with Crippen LogP contribution in [-0.4, -0.2) is 5.97 Å². The largest absolute Gasteiger partial charge is 0.430 e. The Labute approximate surface area is 128 Å². The number of carbonyl (C=O) groups excluding carboxylic acids is 1. The van der Waals surface area contributed by atoms with Gasteiger partial charge in [0.25, 0.3) is 0 Å². The summed E-state index contributed by atoms with van der Waals surface area (Å²) >= 11 is 3.11. The third kappa shape index (κ3) is 4.20. The van der Waals surface area contributed by atoms with Gasteiger partial charge < -0.3 is 4.74 Å². The summed E-state index contributed by atoms with van der Waals surface area (Å²) in [6.45, 7) is 0. The molecule has 6 heteroatoms. The number of halogens is 4. The molecule has 1 aliphatic heterocycles. The quantitative estimate of drug-likeness (QED) is 0.716. The van der Waals surface area contributed by atoms with E-state index in [-0.39, 0.29) is 11.9 Å². The maximum atomic E-state index is 12.4. The van der Waals surface area contributed by atoms with Gasteiger partial charge in [0.05, 0.1) is 11.5 Å². The molecule has 1 aromatic carbocycles. The highest BCUT2D eigenvalue weighted by Crippen LogP contribution is 2.30. The van der Waals surface area contributed by atoms with Crippen molar-refractivity contribution in [1.82, 2.24) is 0 Å². The van der Waals surface area contributed by atoms with Crippen molar-refractivity contribution in [2.24, 2.45) is 5.92 Å². The van der Waals surface area contributed by atoms with Gasteiger partial charge in [0.2, 0.25) is 0 Å². The first-order chi connectivity index (χ1) is 9.90. The number of allylic oxidation sites excluding steroid dienone is 2. The molecule has 1 atom stereocenters. The number of hydrogen-bond donors (Lipinski definition) is 0. The SMILES string of the molecule is O=C1O/C(=C/Br)CC1C/C=C/c1ccc(C(F)(F)F)cc1. The molecule has 0 spiro atoms. The molecule has 0 N–H and O–H groups in total. The molecule has 0 radical (unpaired) electrons. The van der Waals surface area contributed by atoms with E-state index >= 15 is 0 Å². The Kier molecular flexibility index (Phi) is 4.88. The summed E-state index contributed by atoms with van der Waals surface area (Å²) in [5.74, 6) is 0.0743. The van der Waals surface area contributed by atoms with E-state index < -0.39 is 11.7 Å². The number of cyclic esters (lactones) is 1. The van der Waals surface area contributed by atoms with E-state index in [9.17, 15) is 18.0 Å². The van der Waals surface area contributed by atoms with Crippen molar-refractivity contribution in [2.45, 2.75) is 19.0 Å². The van der Waals surface area contributed by atoms with E-state index in [1.165, 1.54) is 12.1 Å². The van der Waals surface area contributed by atoms with Crippen LogP contribution in [0.3, 0.4) is 0 Å². The lowest BCUT2D eigenvalue weighted by Gasteiger charge is -2.06. The molecule has 1 aromatic rings. The van der Waals surface area contributed by atoms with Gasteiger partial charge in [-0.2, -0.15) is 13.2 Å². The number of benzene rings is 1. The van der Waals surface area contributed by atoms with Crippen molar-refractivity contribution >= 4 is 28.0 Å². The summed E-state index contributed by atoms with van der Waals surface area (Å²) in [7, 11) is 0. The zero-order valence-electron chi connectivity index (χ0n) is 10.9. The first-order valence-corrected chi connectivity index (χ1v) is 7.16. The average Bonchev–Trinajstić information content (AvgIpc) is 2.79. The molecule has 1 fully saturated rings. The lowest BCUT2D eigenvalue weighted by atomic mass is 10.0. The Balaban J connectivity index is 1.95. The van der Waals surface area contributed by atoms with Gasteiger partial charge in [0, 0.05) is 11.4 Å². The van der Waals surface area contributed by atoms with E-state index in [1.54, 1.807) is 17.1 Å². The third-order valence-corrected chi connectivity index (χ3v) is 3.61. The van der Waals surface area contributed by atoms with Crippen molar-refractivity contribution in [2.75, 3.05) is 0 Å². The third-order valence-electron chi connectivity index (χ3n) is 3.10. The minimum Gasteiger partial charge on any atom is -0.430 e. The molecule has 21 heavy (non-hydrogen) atoms. The first-order valence-electron chi connectivity index (χ1n) is 6.25. The monoisotopic (exact) mass is 360 g/mol. The Morgan fingerprint density at radius 1 is 1.29 bits per heavy atom. The molecule has 2 nitrogen and oxygen atoms in total. The van der Waals surface area contributed by atoms with Gasteiger partial charge in [0.15, 0.2) is 0 Å². The van der Waals surface area contributed by atoms with E-state index in [1.807, 2.05) is 0 Å². The van der Waals surface area contributed by atoms with Crippen molar-refractivity contribution in [3.63, 3.8) is 0 Å². The van der Waals surface area contributed by atoms with Crippen molar-refractivity contribution in [1.29, 1.82) is 0 Å². The molecular formula is C15H12BrF3O2. The van der Waals surface area contributed by atoms with E-state index in [0.717, 1.165) is 12.1 Å². The maximum absolute atomic E-state index is 12.4. The molecule has 0 aliphatic carbocycles. The molecule has 112 valence electrons. The van der Waals surface area contributed by atoms with Crippen LogP contribution in [0.1, 0.15) is 24.0 Å². The van der Waals surface area contributed by atoms with E-state index in [0.29, 0.717) is 24.2 Å². The highest BCUT2D eigenvalue weighted by Gasteiger charge is 2.30. The van der Waals surface area contributed by atoms with Crippen LogP contribution in [0.25, 0.3) is 6.08 Å². The maximum Gasteiger partial charge on any atom is 0.416 e. The van der Waals surface area contributed by atoms with Gasteiger partial charge in [-0.05, 0) is 24.1 Å². The van der Waals surface area contributed by atoms with Crippen molar-refractivity contribution in [3.05, 3.63) is 52.2 Å². The molecule has 2 rings (SSSR count). The summed E-state index contributed by atoms with van der Waals surface area (Å²) < 4.78 is 42.2. The molecule has 0 amide bonds. The summed E-state index contributed by atoms with van der Waals surface area (Å²) in [6, 6.07) is 4.87. The lowest BCUT2D eigenvalue weighted by molar-refractivity contribution is -0.139. The molecule has 0 saturated carbocycles. The normalized spacial score (nSPS) is 21.2. The van der Waals surface area contributed by atoms with Crippen LogP contribution in [0.5, 0.6) is 0 Å². The Morgan fingerprint density at radius 3 is 2.48 bits per heavy atom. The minimum absolute atomic E-state index is 0.237.